The Labute approximate surface area is 156 Å². The number of nitrogens with zero attached hydrogens (tertiary/aromatic N) is 1. The third-order valence-electron chi connectivity index (χ3n) is 3.63. The Kier molecular flexibility index (Phi) is 6.79. The van der Waals surface area contributed by atoms with Crippen molar-refractivity contribution in [2.45, 2.75) is 26.7 Å². The van der Waals surface area contributed by atoms with E-state index >= 15 is 0 Å². The van der Waals surface area contributed by atoms with Crippen molar-refractivity contribution in [1.82, 2.24) is 4.98 Å². The van der Waals surface area contributed by atoms with Gasteiger partial charge in [-0.25, -0.2) is 9.78 Å². The smallest absolute Gasteiger partial charge is 0.340 e. The molecule has 0 unspecified atom stereocenters. The molecule has 0 aliphatic rings. The number of halogens is 2. The molecule has 0 spiro atoms. The van der Waals surface area contributed by atoms with E-state index in [2.05, 4.69) is 10.3 Å². The van der Waals surface area contributed by atoms with Crippen molar-refractivity contribution in [3.05, 3.63) is 57.3 Å². The number of benzene rings is 1. The zero-order valence-electron chi connectivity index (χ0n) is 13.9. The standard InChI is InChI=1S/C18H18Cl2N2O3/c1-3-11-6-5-7-12(4-2)16(11)22-15(23)10-25-18(24)13-8-14(19)17(20)21-9-13/h5-9H,3-4,10H2,1-2H3,(H,22,23). The SMILES string of the molecule is CCc1cccc(CC)c1NC(=O)COC(=O)c1cnc(Cl)c(Cl)c1. The van der Waals surface area contributed by atoms with E-state index in [1.54, 1.807) is 0 Å². The van der Waals surface area contributed by atoms with Crippen LogP contribution in [-0.4, -0.2) is 23.5 Å². The maximum atomic E-state index is 12.2. The second-order valence-electron chi connectivity index (χ2n) is 5.28. The molecule has 132 valence electrons. The van der Waals surface area contributed by atoms with E-state index < -0.39 is 18.5 Å². The van der Waals surface area contributed by atoms with Gasteiger partial charge in [0.2, 0.25) is 0 Å². The van der Waals surface area contributed by atoms with E-state index in [9.17, 15) is 9.59 Å². The van der Waals surface area contributed by atoms with Crippen LogP contribution in [-0.2, 0) is 22.4 Å². The molecule has 1 aromatic heterocycles. The number of aromatic nitrogens is 1. The lowest BCUT2D eigenvalue weighted by atomic mass is 10.0. The highest BCUT2D eigenvalue weighted by Gasteiger charge is 2.14. The summed E-state index contributed by atoms with van der Waals surface area (Å²) < 4.78 is 5.01. The highest BCUT2D eigenvalue weighted by atomic mass is 35.5. The molecule has 7 heteroatoms. The lowest BCUT2D eigenvalue weighted by molar-refractivity contribution is -0.119. The van der Waals surface area contributed by atoms with E-state index in [0.29, 0.717) is 0 Å². The Hall–Kier alpha value is -2.11. The summed E-state index contributed by atoms with van der Waals surface area (Å²) in [4.78, 5) is 27.9. The van der Waals surface area contributed by atoms with Crippen LogP contribution in [0.15, 0.2) is 30.5 Å². The number of carbonyl (C=O) groups excluding carboxylic acids is 2. The molecule has 25 heavy (non-hydrogen) atoms. The van der Waals surface area contributed by atoms with E-state index in [1.165, 1.54) is 12.3 Å². The van der Waals surface area contributed by atoms with Crippen molar-refractivity contribution < 1.29 is 14.3 Å². The molecular formula is C18H18Cl2N2O3. The first kappa shape index (κ1) is 19.2. The summed E-state index contributed by atoms with van der Waals surface area (Å²) in [5.41, 5.74) is 2.98. The Bertz CT molecular complexity index is 772. The summed E-state index contributed by atoms with van der Waals surface area (Å²) in [7, 11) is 0. The number of nitrogens with one attached hydrogen (secondary N) is 1. The van der Waals surface area contributed by atoms with Gasteiger partial charge in [-0.3, -0.25) is 4.79 Å². The predicted octanol–water partition coefficient (Wildman–Crippen LogP) is 4.31. The van der Waals surface area contributed by atoms with Gasteiger partial charge in [-0.05, 0) is 30.0 Å². The van der Waals surface area contributed by atoms with Gasteiger partial charge in [0.05, 0.1) is 10.6 Å². The van der Waals surface area contributed by atoms with Gasteiger partial charge < -0.3 is 10.1 Å². The number of aryl methyl sites for hydroxylation is 2. The van der Waals surface area contributed by atoms with Crippen LogP contribution in [0.4, 0.5) is 5.69 Å². The summed E-state index contributed by atoms with van der Waals surface area (Å²) in [5, 5.41) is 3.07. The number of amides is 1. The number of para-hydroxylation sites is 1. The summed E-state index contributed by atoms with van der Waals surface area (Å²) in [6, 6.07) is 7.23. The van der Waals surface area contributed by atoms with Crippen LogP contribution in [0.25, 0.3) is 0 Å². The molecule has 1 aromatic carbocycles. The Balaban J connectivity index is 2.01. The topological polar surface area (TPSA) is 68.3 Å². The highest BCUT2D eigenvalue weighted by molar-refractivity contribution is 6.41. The molecule has 0 aliphatic carbocycles. The molecule has 1 heterocycles. The molecule has 2 aromatic rings. The van der Waals surface area contributed by atoms with Gasteiger partial charge in [0.1, 0.15) is 5.15 Å². The highest BCUT2D eigenvalue weighted by Crippen LogP contribution is 2.23. The average molecular weight is 381 g/mol. The zero-order chi connectivity index (χ0) is 18.4. The Morgan fingerprint density at radius 2 is 1.80 bits per heavy atom. The van der Waals surface area contributed by atoms with Crippen molar-refractivity contribution in [1.29, 1.82) is 0 Å². The number of pyridine rings is 1. The number of carbonyl (C=O) groups is 2. The van der Waals surface area contributed by atoms with Crippen LogP contribution in [0.2, 0.25) is 10.2 Å². The van der Waals surface area contributed by atoms with Crippen LogP contribution in [0, 0.1) is 0 Å². The van der Waals surface area contributed by atoms with Gasteiger partial charge >= 0.3 is 5.97 Å². The van der Waals surface area contributed by atoms with E-state index in [4.69, 9.17) is 27.9 Å². The van der Waals surface area contributed by atoms with Crippen molar-refractivity contribution in [3.63, 3.8) is 0 Å². The summed E-state index contributed by atoms with van der Waals surface area (Å²) in [6.07, 6.45) is 2.83. The van der Waals surface area contributed by atoms with Crippen LogP contribution in [0.5, 0.6) is 0 Å². The Morgan fingerprint density at radius 3 is 2.36 bits per heavy atom. The van der Waals surface area contributed by atoms with Crippen LogP contribution < -0.4 is 5.32 Å². The number of hydrogen-bond acceptors (Lipinski definition) is 4. The molecule has 0 saturated heterocycles. The molecule has 0 bridgehead atoms. The second-order valence-corrected chi connectivity index (χ2v) is 6.04. The van der Waals surface area contributed by atoms with E-state index in [0.717, 1.165) is 29.7 Å². The average Bonchev–Trinajstić information content (AvgIpc) is 2.62. The van der Waals surface area contributed by atoms with Crippen LogP contribution in [0.3, 0.4) is 0 Å². The van der Waals surface area contributed by atoms with Crippen molar-refractivity contribution in [2.24, 2.45) is 0 Å². The van der Waals surface area contributed by atoms with Gasteiger partial charge in [-0.1, -0.05) is 55.2 Å². The summed E-state index contributed by atoms with van der Waals surface area (Å²) in [6.45, 7) is 3.63. The minimum atomic E-state index is -0.694. The van der Waals surface area contributed by atoms with Crippen molar-refractivity contribution in [3.8, 4) is 0 Å². The maximum Gasteiger partial charge on any atom is 0.340 e. The molecule has 2 rings (SSSR count). The molecule has 5 nitrogen and oxygen atoms in total. The van der Waals surface area contributed by atoms with Crippen molar-refractivity contribution in [2.75, 3.05) is 11.9 Å². The number of ether oxygens (including phenoxy) is 1. The van der Waals surface area contributed by atoms with Crippen LogP contribution in [0.1, 0.15) is 35.3 Å². The van der Waals surface area contributed by atoms with Gasteiger partial charge in [0.15, 0.2) is 6.61 Å². The molecule has 0 fully saturated rings. The largest absolute Gasteiger partial charge is 0.452 e. The van der Waals surface area contributed by atoms with Gasteiger partial charge in [0, 0.05) is 11.9 Å². The van der Waals surface area contributed by atoms with Gasteiger partial charge in [0.25, 0.3) is 5.91 Å². The second kappa shape index (κ2) is 8.83. The Morgan fingerprint density at radius 1 is 1.16 bits per heavy atom. The maximum absolute atomic E-state index is 12.2. The fraction of sp³-hybridized carbons (Fsp3) is 0.278. The molecular weight excluding hydrogens is 363 g/mol. The lowest BCUT2D eigenvalue weighted by Crippen LogP contribution is -2.22. The third kappa shape index (κ3) is 4.94. The number of anilines is 1. The molecule has 0 atom stereocenters. The van der Waals surface area contributed by atoms with Gasteiger partial charge in [-0.15, -0.1) is 0 Å². The monoisotopic (exact) mass is 380 g/mol. The molecule has 0 aliphatic heterocycles. The van der Waals surface area contributed by atoms with Crippen LogP contribution >= 0.6 is 23.2 Å². The first-order valence-electron chi connectivity index (χ1n) is 7.85. The first-order valence-corrected chi connectivity index (χ1v) is 8.60. The number of esters is 1. The minimum absolute atomic E-state index is 0.0965. The molecule has 0 radical (unpaired) electrons. The third-order valence-corrected chi connectivity index (χ3v) is 4.32. The minimum Gasteiger partial charge on any atom is -0.452 e. The summed E-state index contributed by atoms with van der Waals surface area (Å²) in [5.74, 6) is -1.10. The van der Waals surface area contributed by atoms with Gasteiger partial charge in [-0.2, -0.15) is 0 Å². The normalized spacial score (nSPS) is 10.4. The molecule has 1 amide bonds. The van der Waals surface area contributed by atoms with Crippen molar-refractivity contribution >= 4 is 40.8 Å². The first-order chi connectivity index (χ1) is 12.0. The van der Waals surface area contributed by atoms with E-state index in [-0.39, 0.29) is 15.7 Å². The fourth-order valence-electron chi connectivity index (χ4n) is 2.33. The van der Waals surface area contributed by atoms with E-state index in [1.807, 2.05) is 32.0 Å². The lowest BCUT2D eigenvalue weighted by Gasteiger charge is -2.14. The molecule has 1 N–H and O–H groups in total. The zero-order valence-corrected chi connectivity index (χ0v) is 15.4. The molecule has 0 saturated carbocycles. The summed E-state index contributed by atoms with van der Waals surface area (Å²) >= 11 is 11.5. The number of hydrogen-bond donors (Lipinski definition) is 1. The number of rotatable bonds is 6. The quantitative estimate of drug-likeness (QED) is 0.598. The fourth-order valence-corrected chi connectivity index (χ4v) is 2.60. The predicted molar refractivity (Wildman–Crippen MR) is 98.4 cm³/mol.